The van der Waals surface area contributed by atoms with Crippen LogP contribution in [0.4, 0.5) is 0 Å². The first-order valence-electron chi connectivity index (χ1n) is 7.27. The molecule has 0 heterocycles. The maximum atomic E-state index is 5.40. The lowest BCUT2D eigenvalue weighted by Crippen LogP contribution is -2.39. The minimum absolute atomic E-state index is 0.754. The van der Waals surface area contributed by atoms with Crippen LogP contribution in [0.15, 0.2) is 0 Å². The smallest absolute Gasteiger partial charge is 0.0593 e. The van der Waals surface area contributed by atoms with Gasteiger partial charge in [0.15, 0.2) is 0 Å². The lowest BCUT2D eigenvalue weighted by Gasteiger charge is -2.26. The van der Waals surface area contributed by atoms with Crippen LogP contribution < -0.4 is 5.32 Å². The maximum Gasteiger partial charge on any atom is 0.0593 e. The van der Waals surface area contributed by atoms with Gasteiger partial charge in [-0.15, -0.1) is 0 Å². The molecule has 0 aromatic carbocycles. The van der Waals surface area contributed by atoms with Crippen molar-refractivity contribution >= 4 is 0 Å². The average Bonchev–Trinajstić information content (AvgIpc) is 2.74. The zero-order valence-electron chi connectivity index (χ0n) is 11.9. The molecule has 2 atom stereocenters. The molecule has 1 saturated carbocycles. The molecule has 1 aliphatic rings. The number of hydrogen-bond donors (Lipinski definition) is 1. The Morgan fingerprint density at radius 3 is 2.82 bits per heavy atom. The van der Waals surface area contributed by atoms with Crippen molar-refractivity contribution in [1.82, 2.24) is 10.2 Å². The molecule has 0 aliphatic heterocycles. The van der Waals surface area contributed by atoms with E-state index < -0.39 is 0 Å². The molecule has 1 fully saturated rings. The molecule has 3 heteroatoms. The van der Waals surface area contributed by atoms with Crippen molar-refractivity contribution in [3.63, 3.8) is 0 Å². The van der Waals surface area contributed by atoms with Crippen LogP contribution in [0.2, 0.25) is 0 Å². The fraction of sp³-hybridized carbons (Fsp3) is 1.00. The number of likely N-dealkylation sites (N-methyl/N-ethyl adjacent to an activating group) is 1. The van der Waals surface area contributed by atoms with Crippen molar-refractivity contribution < 1.29 is 4.74 Å². The zero-order valence-corrected chi connectivity index (χ0v) is 11.9. The standard InChI is InChI=1S/C14H30N2O/c1-4-9-15-14-8-6-7-13(14)12-16(3)10-11-17-5-2/h13-15H,4-12H2,1-3H3. The topological polar surface area (TPSA) is 24.5 Å². The quantitative estimate of drug-likeness (QED) is 0.627. The van der Waals surface area contributed by atoms with Gasteiger partial charge in [0.1, 0.15) is 0 Å². The molecule has 3 nitrogen and oxygen atoms in total. The molecule has 1 aliphatic carbocycles. The van der Waals surface area contributed by atoms with E-state index in [1.165, 1.54) is 38.8 Å². The fourth-order valence-corrected chi connectivity index (χ4v) is 2.71. The van der Waals surface area contributed by atoms with Crippen LogP contribution >= 0.6 is 0 Å². The highest BCUT2D eigenvalue weighted by Gasteiger charge is 2.27. The largest absolute Gasteiger partial charge is 0.380 e. The second-order valence-corrected chi connectivity index (χ2v) is 5.21. The van der Waals surface area contributed by atoms with E-state index >= 15 is 0 Å². The Morgan fingerprint density at radius 1 is 1.29 bits per heavy atom. The van der Waals surface area contributed by atoms with Crippen LogP contribution in [0.3, 0.4) is 0 Å². The molecule has 1 rings (SSSR count). The number of nitrogens with one attached hydrogen (secondary N) is 1. The molecule has 0 aromatic rings. The van der Waals surface area contributed by atoms with Gasteiger partial charge in [-0.3, -0.25) is 0 Å². The lowest BCUT2D eigenvalue weighted by molar-refractivity contribution is 0.115. The van der Waals surface area contributed by atoms with E-state index in [2.05, 4.69) is 31.1 Å². The third kappa shape index (κ3) is 5.84. The molecule has 0 saturated heterocycles. The van der Waals surface area contributed by atoms with Gasteiger partial charge in [0.2, 0.25) is 0 Å². The summed E-state index contributed by atoms with van der Waals surface area (Å²) in [4.78, 5) is 2.42. The van der Waals surface area contributed by atoms with E-state index in [1.807, 2.05) is 0 Å². The van der Waals surface area contributed by atoms with Crippen molar-refractivity contribution in [1.29, 1.82) is 0 Å². The Kier molecular flexibility index (Phi) is 7.82. The first kappa shape index (κ1) is 14.9. The van der Waals surface area contributed by atoms with Gasteiger partial charge in [-0.25, -0.2) is 0 Å². The fourth-order valence-electron chi connectivity index (χ4n) is 2.71. The Labute approximate surface area is 107 Å². The predicted octanol–water partition coefficient (Wildman–Crippen LogP) is 2.12. The van der Waals surface area contributed by atoms with Crippen molar-refractivity contribution in [3.8, 4) is 0 Å². The molecule has 0 amide bonds. The van der Waals surface area contributed by atoms with Crippen molar-refractivity contribution in [2.24, 2.45) is 5.92 Å². The summed E-state index contributed by atoms with van der Waals surface area (Å²) in [5.41, 5.74) is 0. The third-order valence-electron chi connectivity index (χ3n) is 3.68. The Bertz CT molecular complexity index is 187. The van der Waals surface area contributed by atoms with Crippen LogP contribution in [0.25, 0.3) is 0 Å². The molecule has 102 valence electrons. The Morgan fingerprint density at radius 2 is 2.12 bits per heavy atom. The van der Waals surface area contributed by atoms with Gasteiger partial charge < -0.3 is 15.0 Å². The van der Waals surface area contributed by atoms with E-state index in [-0.39, 0.29) is 0 Å². The van der Waals surface area contributed by atoms with Crippen LogP contribution in [0, 0.1) is 5.92 Å². The summed E-state index contributed by atoms with van der Waals surface area (Å²) in [5, 5.41) is 3.70. The second-order valence-electron chi connectivity index (χ2n) is 5.21. The molecule has 1 N–H and O–H groups in total. The van der Waals surface area contributed by atoms with Crippen LogP contribution in [-0.2, 0) is 4.74 Å². The first-order chi connectivity index (χ1) is 8.27. The molecule has 2 unspecified atom stereocenters. The summed E-state index contributed by atoms with van der Waals surface area (Å²) in [6, 6.07) is 0.754. The van der Waals surface area contributed by atoms with Crippen LogP contribution in [0.1, 0.15) is 39.5 Å². The molecular formula is C14H30N2O. The van der Waals surface area contributed by atoms with E-state index in [0.717, 1.165) is 31.7 Å². The Balaban J connectivity index is 2.19. The highest BCUT2D eigenvalue weighted by molar-refractivity contribution is 4.84. The highest BCUT2D eigenvalue weighted by atomic mass is 16.5. The van der Waals surface area contributed by atoms with Gasteiger partial charge in [-0.1, -0.05) is 13.3 Å². The van der Waals surface area contributed by atoms with E-state index in [4.69, 9.17) is 4.74 Å². The number of rotatable bonds is 9. The van der Waals surface area contributed by atoms with Crippen LogP contribution in [-0.4, -0.2) is 50.8 Å². The molecule has 17 heavy (non-hydrogen) atoms. The summed E-state index contributed by atoms with van der Waals surface area (Å²) in [6.07, 6.45) is 5.39. The van der Waals surface area contributed by atoms with E-state index in [0.29, 0.717) is 0 Å². The van der Waals surface area contributed by atoms with Crippen molar-refractivity contribution in [2.75, 3.05) is 39.9 Å². The average molecular weight is 242 g/mol. The van der Waals surface area contributed by atoms with E-state index in [9.17, 15) is 0 Å². The SMILES string of the molecule is CCCNC1CCCC1CN(C)CCOCC. The van der Waals surface area contributed by atoms with Crippen molar-refractivity contribution in [2.45, 2.75) is 45.6 Å². The first-order valence-corrected chi connectivity index (χ1v) is 7.27. The lowest BCUT2D eigenvalue weighted by atomic mass is 10.0. The molecule has 0 aromatic heterocycles. The summed E-state index contributed by atoms with van der Waals surface area (Å²) < 4.78 is 5.40. The van der Waals surface area contributed by atoms with Gasteiger partial charge in [-0.2, -0.15) is 0 Å². The van der Waals surface area contributed by atoms with Gasteiger partial charge >= 0.3 is 0 Å². The summed E-state index contributed by atoms with van der Waals surface area (Å²) >= 11 is 0. The number of ether oxygens (including phenoxy) is 1. The second kappa shape index (κ2) is 8.90. The Hall–Kier alpha value is -0.120. The van der Waals surface area contributed by atoms with Crippen LogP contribution in [0.5, 0.6) is 0 Å². The summed E-state index contributed by atoms with van der Waals surface area (Å²) in [6.45, 7) is 9.45. The molecular weight excluding hydrogens is 212 g/mol. The summed E-state index contributed by atoms with van der Waals surface area (Å²) in [5.74, 6) is 0.841. The number of hydrogen-bond acceptors (Lipinski definition) is 3. The highest BCUT2D eigenvalue weighted by Crippen LogP contribution is 2.26. The third-order valence-corrected chi connectivity index (χ3v) is 3.68. The minimum atomic E-state index is 0.754. The summed E-state index contributed by atoms with van der Waals surface area (Å²) in [7, 11) is 2.22. The van der Waals surface area contributed by atoms with Crippen molar-refractivity contribution in [3.05, 3.63) is 0 Å². The normalized spacial score (nSPS) is 24.7. The molecule has 0 radical (unpaired) electrons. The minimum Gasteiger partial charge on any atom is -0.380 e. The maximum absolute atomic E-state index is 5.40. The van der Waals surface area contributed by atoms with Gasteiger partial charge in [0.25, 0.3) is 0 Å². The number of nitrogens with zero attached hydrogens (tertiary/aromatic N) is 1. The predicted molar refractivity (Wildman–Crippen MR) is 73.4 cm³/mol. The van der Waals surface area contributed by atoms with Gasteiger partial charge in [0.05, 0.1) is 6.61 Å². The van der Waals surface area contributed by atoms with E-state index in [1.54, 1.807) is 0 Å². The van der Waals surface area contributed by atoms with Gasteiger partial charge in [0, 0.05) is 25.7 Å². The van der Waals surface area contributed by atoms with Gasteiger partial charge in [-0.05, 0) is 45.7 Å². The monoisotopic (exact) mass is 242 g/mol. The molecule has 0 bridgehead atoms. The molecule has 0 spiro atoms. The zero-order chi connectivity index (χ0) is 12.5.